The molecule has 0 aromatic heterocycles. The van der Waals surface area contributed by atoms with E-state index in [2.05, 4.69) is 5.32 Å². The molecule has 0 bridgehead atoms. The molecule has 1 fully saturated rings. The Morgan fingerprint density at radius 3 is 2.16 bits per heavy atom. The highest BCUT2D eigenvalue weighted by molar-refractivity contribution is 8.18. The largest absolute Gasteiger partial charge is 0.481 e. The number of thioether (sulfide) groups is 1. The predicted octanol–water partition coefficient (Wildman–Crippen LogP) is 3.43. The van der Waals surface area contributed by atoms with Gasteiger partial charge in [0.25, 0.3) is 11.1 Å². The second-order valence-electron chi connectivity index (χ2n) is 5.24. The van der Waals surface area contributed by atoms with Gasteiger partial charge in [-0.2, -0.15) is 0 Å². The first kappa shape index (κ1) is 16.8. The number of carbonyl (C=O) groups is 3. The Balaban J connectivity index is 1.66. The van der Waals surface area contributed by atoms with E-state index in [1.54, 1.807) is 54.6 Å². The van der Waals surface area contributed by atoms with Crippen molar-refractivity contribution in [3.63, 3.8) is 0 Å². The fraction of sp³-hybridized carbons (Fsp3) is 0.0556. The summed E-state index contributed by atoms with van der Waals surface area (Å²) in [6.45, 7) is 0. The predicted molar refractivity (Wildman–Crippen MR) is 93.4 cm³/mol. The smallest absolute Gasteiger partial charge is 0.307 e. The van der Waals surface area contributed by atoms with Gasteiger partial charge in [-0.25, -0.2) is 0 Å². The summed E-state index contributed by atoms with van der Waals surface area (Å²) in [5.41, 5.74) is 1.47. The molecule has 126 valence electrons. The third-order valence-corrected chi connectivity index (χ3v) is 4.14. The van der Waals surface area contributed by atoms with Crippen LogP contribution in [0.2, 0.25) is 0 Å². The molecule has 7 heteroatoms. The summed E-state index contributed by atoms with van der Waals surface area (Å²) in [5.74, 6) is -0.0738. The van der Waals surface area contributed by atoms with E-state index >= 15 is 0 Å². The molecule has 2 aromatic carbocycles. The van der Waals surface area contributed by atoms with Crippen molar-refractivity contribution >= 4 is 35.0 Å². The molecule has 0 saturated carbocycles. The highest BCUT2D eigenvalue weighted by Gasteiger charge is 2.24. The minimum atomic E-state index is -0.880. The number of ether oxygens (including phenoxy) is 1. The summed E-state index contributed by atoms with van der Waals surface area (Å²) in [7, 11) is 0. The molecule has 0 unspecified atom stereocenters. The fourth-order valence-electron chi connectivity index (χ4n) is 2.19. The van der Waals surface area contributed by atoms with Gasteiger partial charge >= 0.3 is 5.97 Å². The van der Waals surface area contributed by atoms with Crippen molar-refractivity contribution in [1.82, 2.24) is 5.32 Å². The van der Waals surface area contributed by atoms with Crippen LogP contribution >= 0.6 is 11.8 Å². The van der Waals surface area contributed by atoms with Crippen molar-refractivity contribution in [2.45, 2.75) is 6.42 Å². The lowest BCUT2D eigenvalue weighted by molar-refractivity contribution is -0.136. The molecule has 0 aliphatic carbocycles. The van der Waals surface area contributed by atoms with Crippen molar-refractivity contribution < 1.29 is 24.2 Å². The van der Waals surface area contributed by atoms with Crippen molar-refractivity contribution in [3.05, 3.63) is 64.6 Å². The van der Waals surface area contributed by atoms with Gasteiger partial charge in [0, 0.05) is 0 Å². The van der Waals surface area contributed by atoms with E-state index in [4.69, 9.17) is 9.84 Å². The molecule has 1 saturated heterocycles. The van der Waals surface area contributed by atoms with Gasteiger partial charge in [0.05, 0.1) is 11.3 Å². The first-order chi connectivity index (χ1) is 12.0. The lowest BCUT2D eigenvalue weighted by atomic mass is 10.1. The third kappa shape index (κ3) is 4.48. The zero-order valence-corrected chi connectivity index (χ0v) is 13.7. The number of hydrogen-bond donors (Lipinski definition) is 2. The van der Waals surface area contributed by atoms with Gasteiger partial charge in [-0.1, -0.05) is 24.3 Å². The molecule has 0 atom stereocenters. The van der Waals surface area contributed by atoms with E-state index in [0.29, 0.717) is 22.0 Å². The molecule has 6 nitrogen and oxygen atoms in total. The Bertz CT molecular complexity index is 856. The SMILES string of the molecule is O=C(O)Cc1ccc(Oc2ccc(/C=C3/SC(=O)NC3=O)cc2)cc1. The molecule has 2 aromatic rings. The Labute approximate surface area is 147 Å². The summed E-state index contributed by atoms with van der Waals surface area (Å²) in [5, 5.41) is 10.6. The molecule has 2 amide bonds. The van der Waals surface area contributed by atoms with Gasteiger partial charge in [0.15, 0.2) is 0 Å². The minimum Gasteiger partial charge on any atom is -0.481 e. The van der Waals surface area contributed by atoms with E-state index in [0.717, 1.165) is 17.3 Å². The lowest BCUT2D eigenvalue weighted by Gasteiger charge is -2.07. The van der Waals surface area contributed by atoms with Crippen LogP contribution in [-0.2, 0) is 16.0 Å². The van der Waals surface area contributed by atoms with E-state index in [1.165, 1.54) is 0 Å². The standard InChI is InChI=1S/C18H13NO5S/c20-16(21)10-12-3-7-14(8-4-12)24-13-5-1-11(2-6-13)9-15-17(22)19-18(23)25-15/h1-9H,10H2,(H,20,21)(H,19,22,23)/b15-9+. The summed E-state index contributed by atoms with van der Waals surface area (Å²) in [6, 6.07) is 13.9. The maximum absolute atomic E-state index is 11.5. The number of carboxylic acids is 1. The first-order valence-electron chi connectivity index (χ1n) is 7.33. The lowest BCUT2D eigenvalue weighted by Crippen LogP contribution is -2.17. The van der Waals surface area contributed by atoms with Crippen molar-refractivity contribution in [2.24, 2.45) is 0 Å². The molecule has 1 aliphatic rings. The van der Waals surface area contributed by atoms with Gasteiger partial charge in [-0.15, -0.1) is 0 Å². The number of amides is 2. The highest BCUT2D eigenvalue weighted by atomic mass is 32.2. The van der Waals surface area contributed by atoms with E-state index in [-0.39, 0.29) is 11.7 Å². The van der Waals surface area contributed by atoms with Crippen LogP contribution in [0.5, 0.6) is 11.5 Å². The monoisotopic (exact) mass is 355 g/mol. The molecule has 0 spiro atoms. The molecule has 25 heavy (non-hydrogen) atoms. The number of carbonyl (C=O) groups excluding carboxylic acids is 2. The van der Waals surface area contributed by atoms with Crippen LogP contribution in [0.25, 0.3) is 6.08 Å². The minimum absolute atomic E-state index is 0.0300. The Hall–Kier alpha value is -3.06. The third-order valence-electron chi connectivity index (χ3n) is 3.33. The van der Waals surface area contributed by atoms with Crippen molar-refractivity contribution in [3.8, 4) is 11.5 Å². The van der Waals surface area contributed by atoms with Crippen molar-refractivity contribution in [1.29, 1.82) is 0 Å². The normalized spacial score (nSPS) is 15.3. The molecule has 3 rings (SSSR count). The summed E-state index contributed by atoms with van der Waals surface area (Å²) >= 11 is 0.869. The average molecular weight is 355 g/mol. The highest BCUT2D eigenvalue weighted by Crippen LogP contribution is 2.27. The number of carboxylic acid groups (broad SMARTS) is 1. The second kappa shape index (κ2) is 7.23. The number of benzene rings is 2. The zero-order valence-electron chi connectivity index (χ0n) is 12.9. The quantitative estimate of drug-likeness (QED) is 0.798. The van der Waals surface area contributed by atoms with Gasteiger partial charge in [0.2, 0.25) is 0 Å². The summed E-state index contributed by atoms with van der Waals surface area (Å²) in [4.78, 5) is 33.7. The van der Waals surface area contributed by atoms with Crippen molar-refractivity contribution in [2.75, 3.05) is 0 Å². The van der Waals surface area contributed by atoms with Gasteiger partial charge in [-0.05, 0) is 53.2 Å². The number of hydrogen-bond acceptors (Lipinski definition) is 5. The molecular weight excluding hydrogens is 342 g/mol. The maximum atomic E-state index is 11.5. The fourth-order valence-corrected chi connectivity index (χ4v) is 2.87. The average Bonchev–Trinajstić information content (AvgIpc) is 2.88. The van der Waals surface area contributed by atoms with E-state index < -0.39 is 11.9 Å². The Morgan fingerprint density at radius 2 is 1.64 bits per heavy atom. The Kier molecular flexibility index (Phi) is 4.85. The molecular formula is C18H13NO5S. The number of imide groups is 1. The van der Waals surface area contributed by atoms with Gasteiger partial charge in [0.1, 0.15) is 11.5 Å². The van der Waals surface area contributed by atoms with E-state index in [9.17, 15) is 14.4 Å². The molecule has 1 aliphatic heterocycles. The number of aliphatic carboxylic acids is 1. The zero-order chi connectivity index (χ0) is 17.8. The topological polar surface area (TPSA) is 92.7 Å². The second-order valence-corrected chi connectivity index (χ2v) is 6.25. The van der Waals surface area contributed by atoms with Crippen LogP contribution in [0.4, 0.5) is 4.79 Å². The number of nitrogens with one attached hydrogen (secondary N) is 1. The summed E-state index contributed by atoms with van der Waals surface area (Å²) in [6.07, 6.45) is 1.60. The molecule has 2 N–H and O–H groups in total. The maximum Gasteiger partial charge on any atom is 0.307 e. The van der Waals surface area contributed by atoms with Crippen LogP contribution in [0.1, 0.15) is 11.1 Å². The molecule has 0 radical (unpaired) electrons. The summed E-state index contributed by atoms with van der Waals surface area (Å²) < 4.78 is 5.69. The van der Waals surface area contributed by atoms with Crippen LogP contribution in [-0.4, -0.2) is 22.2 Å². The van der Waals surface area contributed by atoms with Gasteiger partial charge in [-0.3, -0.25) is 19.7 Å². The van der Waals surface area contributed by atoms with Crippen LogP contribution in [0.3, 0.4) is 0 Å². The van der Waals surface area contributed by atoms with Crippen LogP contribution < -0.4 is 10.1 Å². The van der Waals surface area contributed by atoms with Crippen LogP contribution in [0, 0.1) is 0 Å². The molecule has 1 heterocycles. The van der Waals surface area contributed by atoms with Gasteiger partial charge < -0.3 is 9.84 Å². The van der Waals surface area contributed by atoms with Crippen LogP contribution in [0.15, 0.2) is 53.4 Å². The van der Waals surface area contributed by atoms with E-state index in [1.807, 2.05) is 0 Å². The number of rotatable bonds is 5. The first-order valence-corrected chi connectivity index (χ1v) is 8.15. The Morgan fingerprint density at radius 1 is 1.04 bits per heavy atom.